The molecule has 2 rings (SSSR count). The number of aliphatic hydroxyl groups is 1. The molecule has 17 heavy (non-hydrogen) atoms. The van der Waals surface area contributed by atoms with Gasteiger partial charge in [0.1, 0.15) is 5.75 Å². The summed E-state index contributed by atoms with van der Waals surface area (Å²) in [5.74, 6) is 0.350. The van der Waals surface area contributed by atoms with E-state index in [2.05, 4.69) is 12.2 Å². The molecule has 0 aromatic heterocycles. The number of hydrogen-bond acceptors (Lipinski definition) is 3. The molecule has 0 saturated heterocycles. The molecule has 94 valence electrons. The van der Waals surface area contributed by atoms with E-state index in [0.29, 0.717) is 11.8 Å². The van der Waals surface area contributed by atoms with Crippen molar-refractivity contribution in [2.45, 2.75) is 50.8 Å². The van der Waals surface area contributed by atoms with Crippen LogP contribution in [0.15, 0.2) is 24.3 Å². The fourth-order valence-corrected chi connectivity index (χ4v) is 2.54. The van der Waals surface area contributed by atoms with Gasteiger partial charge in [0, 0.05) is 17.6 Å². The minimum Gasteiger partial charge on any atom is -0.508 e. The molecule has 0 heterocycles. The molecule has 0 radical (unpaired) electrons. The van der Waals surface area contributed by atoms with E-state index in [1.165, 1.54) is 0 Å². The normalized spacial score (nSPS) is 26.7. The Labute approximate surface area is 102 Å². The Morgan fingerprint density at radius 1 is 1.18 bits per heavy atom. The highest BCUT2D eigenvalue weighted by molar-refractivity contribution is 5.34. The second-order valence-corrected chi connectivity index (χ2v) is 4.95. The summed E-state index contributed by atoms with van der Waals surface area (Å²) in [5.41, 5.74) is 0.943. The smallest absolute Gasteiger partial charge is 0.120 e. The molecule has 1 aliphatic carbocycles. The van der Waals surface area contributed by atoms with Crippen LogP contribution in [0.25, 0.3) is 0 Å². The lowest BCUT2D eigenvalue weighted by Crippen LogP contribution is -2.36. The Balaban J connectivity index is 1.93. The Kier molecular flexibility index (Phi) is 4.02. The maximum Gasteiger partial charge on any atom is 0.120 e. The number of para-hydroxylation sites is 1. The summed E-state index contributed by atoms with van der Waals surface area (Å²) in [4.78, 5) is 0. The van der Waals surface area contributed by atoms with Crippen LogP contribution >= 0.6 is 0 Å². The molecule has 1 atom stereocenters. The minimum atomic E-state index is -0.117. The fraction of sp³-hybridized carbons (Fsp3) is 0.571. The summed E-state index contributed by atoms with van der Waals surface area (Å²) in [7, 11) is 0. The maximum atomic E-state index is 9.77. The van der Waals surface area contributed by atoms with E-state index in [4.69, 9.17) is 0 Å². The van der Waals surface area contributed by atoms with Gasteiger partial charge in [0.2, 0.25) is 0 Å². The third-order valence-corrected chi connectivity index (χ3v) is 3.59. The van der Waals surface area contributed by atoms with Crippen LogP contribution < -0.4 is 5.32 Å². The number of aliphatic hydroxyl groups excluding tert-OH is 1. The molecule has 1 saturated carbocycles. The molecule has 0 aliphatic heterocycles. The third-order valence-electron chi connectivity index (χ3n) is 3.59. The third kappa shape index (κ3) is 3.20. The highest BCUT2D eigenvalue weighted by atomic mass is 16.3. The van der Waals surface area contributed by atoms with Gasteiger partial charge in [-0.2, -0.15) is 0 Å². The van der Waals surface area contributed by atoms with Crippen molar-refractivity contribution in [3.8, 4) is 5.75 Å². The van der Waals surface area contributed by atoms with Crippen molar-refractivity contribution in [2.75, 3.05) is 0 Å². The lowest BCUT2D eigenvalue weighted by Gasteiger charge is -2.29. The highest BCUT2D eigenvalue weighted by Gasteiger charge is 2.21. The molecule has 1 aromatic carbocycles. The van der Waals surface area contributed by atoms with Crippen LogP contribution in [0.5, 0.6) is 5.75 Å². The van der Waals surface area contributed by atoms with Crippen LogP contribution in [0.4, 0.5) is 0 Å². The molecule has 1 aromatic rings. The number of rotatable bonds is 3. The Hall–Kier alpha value is -1.06. The quantitative estimate of drug-likeness (QED) is 0.753. The zero-order valence-electron chi connectivity index (χ0n) is 10.3. The molecule has 3 N–H and O–H groups in total. The van der Waals surface area contributed by atoms with E-state index in [1.807, 2.05) is 18.2 Å². The van der Waals surface area contributed by atoms with E-state index in [9.17, 15) is 10.2 Å². The molecule has 0 bridgehead atoms. The fourth-order valence-electron chi connectivity index (χ4n) is 2.54. The number of hydrogen-bond donors (Lipinski definition) is 3. The summed E-state index contributed by atoms with van der Waals surface area (Å²) < 4.78 is 0. The monoisotopic (exact) mass is 235 g/mol. The van der Waals surface area contributed by atoms with Crippen LogP contribution in [0, 0.1) is 0 Å². The summed E-state index contributed by atoms with van der Waals surface area (Å²) in [6, 6.07) is 8.05. The zero-order chi connectivity index (χ0) is 12.3. The maximum absolute atomic E-state index is 9.77. The Morgan fingerprint density at radius 3 is 2.47 bits per heavy atom. The lowest BCUT2D eigenvalue weighted by atomic mass is 9.92. The Morgan fingerprint density at radius 2 is 1.82 bits per heavy atom. The standard InChI is InChI=1S/C14H21NO2/c1-10(13-4-2-3-5-14(13)17)15-11-6-8-12(16)9-7-11/h2-5,10-12,15-17H,6-9H2,1H3/t10-,11?,12?/m1/s1. The van der Waals surface area contributed by atoms with Gasteiger partial charge in [-0.25, -0.2) is 0 Å². The number of phenols is 1. The van der Waals surface area contributed by atoms with Crippen LogP contribution in [-0.4, -0.2) is 22.4 Å². The van der Waals surface area contributed by atoms with Crippen molar-refractivity contribution in [1.29, 1.82) is 0 Å². The molecule has 3 heteroatoms. The summed E-state index contributed by atoms with van der Waals surface area (Å²) in [6.45, 7) is 2.07. The van der Waals surface area contributed by atoms with Crippen LogP contribution in [0.1, 0.15) is 44.2 Å². The molecular formula is C14H21NO2. The van der Waals surface area contributed by atoms with Crippen molar-refractivity contribution >= 4 is 0 Å². The largest absolute Gasteiger partial charge is 0.508 e. The number of nitrogens with one attached hydrogen (secondary N) is 1. The first-order valence-electron chi connectivity index (χ1n) is 6.39. The van der Waals surface area contributed by atoms with E-state index < -0.39 is 0 Å². The van der Waals surface area contributed by atoms with E-state index in [-0.39, 0.29) is 12.1 Å². The van der Waals surface area contributed by atoms with Gasteiger partial charge in [-0.15, -0.1) is 0 Å². The van der Waals surface area contributed by atoms with E-state index in [0.717, 1.165) is 31.2 Å². The summed E-state index contributed by atoms with van der Waals surface area (Å²) >= 11 is 0. The molecule has 0 unspecified atom stereocenters. The van der Waals surface area contributed by atoms with Crippen molar-refractivity contribution < 1.29 is 10.2 Å². The number of benzene rings is 1. The van der Waals surface area contributed by atoms with E-state index in [1.54, 1.807) is 6.07 Å². The summed E-state index contributed by atoms with van der Waals surface area (Å²) in [6.07, 6.45) is 3.67. The molecule has 0 amide bonds. The molecule has 0 spiro atoms. The highest BCUT2D eigenvalue weighted by Crippen LogP contribution is 2.26. The van der Waals surface area contributed by atoms with Gasteiger partial charge in [0.05, 0.1) is 6.10 Å². The van der Waals surface area contributed by atoms with Crippen molar-refractivity contribution in [2.24, 2.45) is 0 Å². The predicted molar refractivity (Wildman–Crippen MR) is 67.9 cm³/mol. The van der Waals surface area contributed by atoms with E-state index >= 15 is 0 Å². The molecule has 1 aliphatic rings. The topological polar surface area (TPSA) is 52.5 Å². The average Bonchev–Trinajstić information content (AvgIpc) is 2.32. The molecule has 3 nitrogen and oxygen atoms in total. The van der Waals surface area contributed by atoms with Gasteiger partial charge in [0.25, 0.3) is 0 Å². The first kappa shape index (κ1) is 12.4. The summed E-state index contributed by atoms with van der Waals surface area (Å²) in [5, 5.41) is 22.8. The average molecular weight is 235 g/mol. The SMILES string of the molecule is C[C@@H](NC1CCC(O)CC1)c1ccccc1O. The van der Waals surface area contributed by atoms with Gasteiger partial charge < -0.3 is 15.5 Å². The zero-order valence-corrected chi connectivity index (χ0v) is 10.3. The molecule has 1 fully saturated rings. The number of phenolic OH excluding ortho intramolecular Hbond substituents is 1. The predicted octanol–water partition coefficient (Wildman–Crippen LogP) is 2.35. The number of aromatic hydroxyl groups is 1. The van der Waals surface area contributed by atoms with Crippen molar-refractivity contribution in [3.05, 3.63) is 29.8 Å². The second kappa shape index (κ2) is 5.52. The van der Waals surface area contributed by atoms with Crippen LogP contribution in [-0.2, 0) is 0 Å². The molecular weight excluding hydrogens is 214 g/mol. The van der Waals surface area contributed by atoms with Gasteiger partial charge >= 0.3 is 0 Å². The minimum absolute atomic E-state index is 0.117. The lowest BCUT2D eigenvalue weighted by molar-refractivity contribution is 0.114. The van der Waals surface area contributed by atoms with Crippen LogP contribution in [0.3, 0.4) is 0 Å². The Bertz CT molecular complexity index is 359. The van der Waals surface area contributed by atoms with Gasteiger partial charge in [0.15, 0.2) is 0 Å². The first-order chi connectivity index (χ1) is 8.16. The van der Waals surface area contributed by atoms with Crippen molar-refractivity contribution in [3.63, 3.8) is 0 Å². The van der Waals surface area contributed by atoms with Gasteiger partial charge in [-0.3, -0.25) is 0 Å². The van der Waals surface area contributed by atoms with Gasteiger partial charge in [-0.1, -0.05) is 18.2 Å². The second-order valence-electron chi connectivity index (χ2n) is 4.95. The van der Waals surface area contributed by atoms with Crippen LogP contribution in [0.2, 0.25) is 0 Å². The van der Waals surface area contributed by atoms with Gasteiger partial charge in [-0.05, 0) is 38.7 Å². The first-order valence-corrected chi connectivity index (χ1v) is 6.39. The van der Waals surface area contributed by atoms with Crippen molar-refractivity contribution in [1.82, 2.24) is 5.32 Å².